The Hall–Kier alpha value is -1.38. The first-order chi connectivity index (χ1) is 6.47. The van der Waals surface area contributed by atoms with Crippen molar-refractivity contribution >= 4 is 16.0 Å². The van der Waals surface area contributed by atoms with Crippen molar-refractivity contribution in [2.24, 2.45) is 0 Å². The highest BCUT2D eigenvalue weighted by Crippen LogP contribution is 2.09. The monoisotopic (exact) mass is 220 g/mol. The smallest absolute Gasteiger partial charge is 0.352 e. The molecule has 1 aromatic rings. The lowest BCUT2D eigenvalue weighted by atomic mass is 10.4. The Morgan fingerprint density at radius 1 is 1.64 bits per heavy atom. The molecular weight excluding hydrogens is 212 g/mol. The number of aromatic amines is 1. The highest BCUT2D eigenvalue weighted by atomic mass is 32.2. The predicted octanol–water partition coefficient (Wildman–Crippen LogP) is -0.447. The highest BCUT2D eigenvalue weighted by molar-refractivity contribution is 7.89. The maximum Gasteiger partial charge on any atom is 0.352 e. The van der Waals surface area contributed by atoms with E-state index >= 15 is 0 Å². The van der Waals surface area contributed by atoms with Crippen LogP contribution in [0.5, 0.6) is 0 Å². The highest BCUT2D eigenvalue weighted by Gasteiger charge is 2.17. The van der Waals surface area contributed by atoms with Gasteiger partial charge in [0.15, 0.2) is 0 Å². The Bertz CT molecular complexity index is 435. The minimum absolute atomic E-state index is 0.197. The molecule has 1 aromatic heterocycles. The van der Waals surface area contributed by atoms with Gasteiger partial charge < -0.3 is 10.1 Å². The normalized spacial score (nSPS) is 11.5. The number of H-pyrrole nitrogens is 1. The van der Waals surface area contributed by atoms with Crippen LogP contribution >= 0.6 is 0 Å². The quantitative estimate of drug-likeness (QED) is 0.595. The van der Waals surface area contributed by atoms with Crippen molar-refractivity contribution in [2.75, 3.05) is 7.11 Å². The van der Waals surface area contributed by atoms with Crippen LogP contribution in [0, 0.1) is 0 Å². The average molecular weight is 220 g/mol. The molecule has 0 saturated carbocycles. The molecule has 0 aromatic carbocycles. The summed E-state index contributed by atoms with van der Waals surface area (Å²) in [6, 6.07) is 0.990. The Morgan fingerprint density at radius 2 is 2.29 bits per heavy atom. The van der Waals surface area contributed by atoms with Crippen LogP contribution in [-0.4, -0.2) is 31.6 Å². The predicted molar refractivity (Wildman–Crippen MR) is 45.1 cm³/mol. The second kappa shape index (κ2) is 3.78. The van der Waals surface area contributed by atoms with Gasteiger partial charge in [-0.3, -0.25) is 4.84 Å². The van der Waals surface area contributed by atoms with Crippen LogP contribution in [0.15, 0.2) is 17.2 Å². The third-order valence-corrected chi connectivity index (χ3v) is 2.63. The van der Waals surface area contributed by atoms with Crippen molar-refractivity contribution in [1.29, 1.82) is 0 Å². The Morgan fingerprint density at radius 3 is 2.71 bits per heavy atom. The van der Waals surface area contributed by atoms with Crippen LogP contribution in [0.4, 0.5) is 0 Å². The van der Waals surface area contributed by atoms with Gasteiger partial charge in [-0.25, -0.2) is 13.2 Å². The molecule has 0 bridgehead atoms. The molecule has 7 nitrogen and oxygen atoms in total. The molecule has 0 fully saturated rings. The molecule has 0 saturated heterocycles. The minimum atomic E-state index is -3.79. The van der Waals surface area contributed by atoms with Crippen molar-refractivity contribution in [3.05, 3.63) is 18.0 Å². The van der Waals surface area contributed by atoms with Crippen LogP contribution in [0.2, 0.25) is 0 Å². The number of aromatic nitrogens is 1. The van der Waals surface area contributed by atoms with Crippen LogP contribution in [0.1, 0.15) is 10.5 Å². The topological polar surface area (TPSA) is 108 Å². The number of aromatic carboxylic acids is 1. The summed E-state index contributed by atoms with van der Waals surface area (Å²) in [6.45, 7) is 0. The van der Waals surface area contributed by atoms with Gasteiger partial charge in [-0.1, -0.05) is 4.89 Å². The first-order valence-electron chi connectivity index (χ1n) is 3.44. The van der Waals surface area contributed by atoms with E-state index in [9.17, 15) is 13.2 Å². The third kappa shape index (κ3) is 2.10. The summed E-state index contributed by atoms with van der Waals surface area (Å²) in [6.07, 6.45) is 1.06. The van der Waals surface area contributed by atoms with E-state index in [-0.39, 0.29) is 10.6 Å². The maximum absolute atomic E-state index is 11.2. The van der Waals surface area contributed by atoms with Crippen LogP contribution in [0.3, 0.4) is 0 Å². The van der Waals surface area contributed by atoms with Crippen LogP contribution in [-0.2, 0) is 14.9 Å². The van der Waals surface area contributed by atoms with Gasteiger partial charge in [0.1, 0.15) is 10.6 Å². The summed E-state index contributed by atoms with van der Waals surface area (Å²) >= 11 is 0. The zero-order chi connectivity index (χ0) is 10.8. The lowest BCUT2D eigenvalue weighted by Gasteiger charge is -1.99. The van der Waals surface area contributed by atoms with E-state index in [0.717, 1.165) is 19.4 Å². The molecule has 0 spiro atoms. The largest absolute Gasteiger partial charge is 0.477 e. The standard InChI is InChI=1S/C6H8N2O5S/c1-13-8-14(11,12)4-2-5(6(9)10)7-3-4/h2-3,7-8H,1H3,(H,9,10). The van der Waals surface area contributed by atoms with Crippen molar-refractivity contribution in [3.63, 3.8) is 0 Å². The maximum atomic E-state index is 11.2. The Kier molecular flexibility index (Phi) is 2.89. The van der Waals surface area contributed by atoms with Gasteiger partial charge in [-0.2, -0.15) is 0 Å². The summed E-state index contributed by atoms with van der Waals surface area (Å²) in [5.74, 6) is -1.23. The summed E-state index contributed by atoms with van der Waals surface area (Å²) in [5.41, 5.74) is -0.207. The Labute approximate surface area is 79.7 Å². The number of sulfonamides is 1. The van der Waals surface area contributed by atoms with Crippen LogP contribution < -0.4 is 4.89 Å². The molecule has 8 heteroatoms. The lowest BCUT2D eigenvalue weighted by molar-refractivity contribution is 0.0691. The van der Waals surface area contributed by atoms with Gasteiger partial charge in [0.05, 0.1) is 7.11 Å². The summed E-state index contributed by atoms with van der Waals surface area (Å²) in [5, 5.41) is 8.52. The summed E-state index contributed by atoms with van der Waals surface area (Å²) in [7, 11) is -2.65. The zero-order valence-corrected chi connectivity index (χ0v) is 7.96. The first kappa shape index (κ1) is 10.7. The molecule has 0 amide bonds. The molecule has 0 unspecified atom stereocenters. The molecule has 14 heavy (non-hydrogen) atoms. The number of hydrogen-bond donors (Lipinski definition) is 3. The molecule has 3 N–H and O–H groups in total. The molecule has 0 aliphatic rings. The van der Waals surface area contributed by atoms with Crippen molar-refractivity contribution in [3.8, 4) is 0 Å². The van der Waals surface area contributed by atoms with E-state index in [0.29, 0.717) is 0 Å². The number of carbonyl (C=O) groups is 1. The second-order valence-electron chi connectivity index (χ2n) is 2.35. The van der Waals surface area contributed by atoms with E-state index in [1.54, 1.807) is 4.89 Å². The number of carboxylic acids is 1. The average Bonchev–Trinajstić information content (AvgIpc) is 2.51. The van der Waals surface area contributed by atoms with Crippen LogP contribution in [0.25, 0.3) is 0 Å². The van der Waals surface area contributed by atoms with Crippen molar-refractivity contribution in [1.82, 2.24) is 9.87 Å². The molecule has 1 heterocycles. The SMILES string of the molecule is CONS(=O)(=O)c1c[nH]c(C(=O)O)c1. The van der Waals surface area contributed by atoms with Crippen molar-refractivity contribution in [2.45, 2.75) is 4.90 Å². The number of carboxylic acid groups (broad SMARTS) is 1. The summed E-state index contributed by atoms with van der Waals surface area (Å²) < 4.78 is 22.4. The summed E-state index contributed by atoms with van der Waals surface area (Å²) in [4.78, 5) is 18.5. The van der Waals surface area contributed by atoms with E-state index in [4.69, 9.17) is 5.11 Å². The fourth-order valence-corrected chi connectivity index (χ4v) is 1.61. The molecule has 78 valence electrons. The molecule has 0 aliphatic carbocycles. The van der Waals surface area contributed by atoms with Gasteiger partial charge in [-0.05, 0) is 6.07 Å². The number of nitrogens with one attached hydrogen (secondary N) is 2. The number of hydrogen-bond acceptors (Lipinski definition) is 4. The number of rotatable bonds is 4. The fourth-order valence-electron chi connectivity index (χ4n) is 0.811. The lowest BCUT2D eigenvalue weighted by Crippen LogP contribution is -2.21. The molecule has 0 aliphatic heterocycles. The third-order valence-electron chi connectivity index (χ3n) is 1.39. The van der Waals surface area contributed by atoms with Gasteiger partial charge in [0, 0.05) is 6.20 Å². The van der Waals surface area contributed by atoms with E-state index in [1.807, 2.05) is 0 Å². The second-order valence-corrected chi connectivity index (χ2v) is 3.99. The van der Waals surface area contributed by atoms with Gasteiger partial charge in [-0.15, -0.1) is 0 Å². The fraction of sp³-hybridized carbons (Fsp3) is 0.167. The van der Waals surface area contributed by atoms with E-state index in [2.05, 4.69) is 9.82 Å². The molecule has 0 radical (unpaired) electrons. The Balaban J connectivity index is 3.03. The first-order valence-corrected chi connectivity index (χ1v) is 4.92. The zero-order valence-electron chi connectivity index (χ0n) is 7.14. The van der Waals surface area contributed by atoms with Gasteiger partial charge >= 0.3 is 5.97 Å². The van der Waals surface area contributed by atoms with E-state index < -0.39 is 16.0 Å². The molecular formula is C6H8N2O5S. The van der Waals surface area contributed by atoms with Gasteiger partial charge in [0.2, 0.25) is 0 Å². The van der Waals surface area contributed by atoms with E-state index in [1.165, 1.54) is 0 Å². The molecule has 0 atom stereocenters. The van der Waals surface area contributed by atoms with Crippen molar-refractivity contribution < 1.29 is 23.2 Å². The molecule has 1 rings (SSSR count). The minimum Gasteiger partial charge on any atom is -0.477 e. The van der Waals surface area contributed by atoms with Gasteiger partial charge in [0.25, 0.3) is 10.0 Å².